The smallest absolute Gasteiger partial charge is 0.130 e. The minimum Gasteiger partial charge on any atom is -0.327 e. The van der Waals surface area contributed by atoms with Crippen molar-refractivity contribution in [1.29, 1.82) is 0 Å². The molecule has 4 aromatic carbocycles. The van der Waals surface area contributed by atoms with Crippen LogP contribution in [0, 0.1) is 23.7 Å². The van der Waals surface area contributed by atoms with Crippen molar-refractivity contribution in [3.8, 4) is 0 Å². The second kappa shape index (κ2) is 18.3. The Morgan fingerprint density at radius 1 is 0.234 bits per heavy atom. The molecule has 320 valence electrons. The van der Waals surface area contributed by atoms with Gasteiger partial charge in [-0.25, -0.2) is 0 Å². The fourth-order valence-electron chi connectivity index (χ4n) is 11.2. The normalized spacial score (nSPS) is 12.8. The van der Waals surface area contributed by atoms with Crippen molar-refractivity contribution in [2.75, 3.05) is 0 Å². The zero-order chi connectivity index (χ0) is 44.5. The van der Waals surface area contributed by atoms with Crippen molar-refractivity contribution in [3.05, 3.63) is 257 Å². The van der Waals surface area contributed by atoms with E-state index < -0.39 is 0 Å². The van der Waals surface area contributed by atoms with Crippen molar-refractivity contribution in [1.82, 2.24) is 19.9 Å². The van der Waals surface area contributed by atoms with Gasteiger partial charge in [0.15, 0.2) is 0 Å². The van der Waals surface area contributed by atoms with Crippen LogP contribution in [-0.2, 0) is 51.4 Å². The number of nitrogens with one attached hydrogen (secondary N) is 4. The van der Waals surface area contributed by atoms with Gasteiger partial charge in [0.2, 0.25) is 0 Å². The number of fused-ring (bicyclic) bond motifs is 8. The molecule has 0 fully saturated rings. The third-order valence-electron chi connectivity index (χ3n) is 13.9. The second-order valence-corrected chi connectivity index (χ2v) is 17.1. The highest BCUT2D eigenvalue weighted by molar-refractivity contribution is 5.72. The van der Waals surface area contributed by atoms with Gasteiger partial charge in [-0.1, -0.05) is 55.4 Å². The second-order valence-electron chi connectivity index (χ2n) is 17.1. The Bertz CT molecular complexity index is 2320. The molecule has 0 atom stereocenters. The van der Waals surface area contributed by atoms with Crippen LogP contribution in [0.15, 0.2) is 121 Å². The first-order valence-corrected chi connectivity index (χ1v) is 24.1. The molecule has 0 saturated carbocycles. The lowest BCUT2D eigenvalue weighted by Gasteiger charge is -2.15. The topological polar surface area (TPSA) is 63.2 Å². The SMILES string of the molecule is CCc1c2[nH]c(c1CC)[C+](c1ccccc1)c1[nH]c(c(CC)c1CC)[C+](c1ccccc1)c1[nH]c(c(CC)c1CC)[C+](c1ccccc1)c1[nH]c(c(CC)c1CC)[C+]2c1ccccc1. The third-order valence-corrected chi connectivity index (χ3v) is 13.9. The van der Waals surface area contributed by atoms with Crippen LogP contribution < -0.4 is 0 Å². The minimum absolute atomic E-state index is 0.901. The molecule has 0 radical (unpaired) electrons. The largest absolute Gasteiger partial charge is 0.327 e. The summed E-state index contributed by atoms with van der Waals surface area (Å²) in [5, 5.41) is 0. The monoisotopic (exact) mass is 841 g/mol. The maximum Gasteiger partial charge on any atom is 0.130 e. The lowest BCUT2D eigenvalue weighted by atomic mass is 9.83. The van der Waals surface area contributed by atoms with Gasteiger partial charge in [0.1, 0.15) is 69.2 Å². The van der Waals surface area contributed by atoms with Gasteiger partial charge in [-0.05, 0) is 72.8 Å². The number of H-pyrrole nitrogens is 4. The molecule has 0 aliphatic carbocycles. The predicted octanol–water partition coefficient (Wildman–Crippen LogP) is 13.9. The van der Waals surface area contributed by atoms with Gasteiger partial charge in [0.05, 0.1) is 66.8 Å². The first kappa shape index (κ1) is 42.8. The highest BCUT2D eigenvalue weighted by Gasteiger charge is 2.46. The van der Waals surface area contributed by atoms with Gasteiger partial charge in [-0.15, -0.1) is 0 Å². The Labute approximate surface area is 382 Å². The molecule has 4 heteroatoms. The van der Waals surface area contributed by atoms with E-state index in [-0.39, 0.29) is 0 Å². The van der Waals surface area contributed by atoms with Gasteiger partial charge in [0, 0.05) is 99.9 Å². The maximum absolute atomic E-state index is 4.30. The Hall–Kier alpha value is -6.52. The number of benzene rings is 4. The number of aromatic nitrogens is 4. The van der Waals surface area contributed by atoms with E-state index in [0.717, 1.165) is 51.4 Å². The highest BCUT2D eigenvalue weighted by atomic mass is 14.9. The predicted molar refractivity (Wildman–Crippen MR) is 266 cm³/mol. The number of hydrogen-bond acceptors (Lipinski definition) is 0. The van der Waals surface area contributed by atoms with Crippen LogP contribution in [0.25, 0.3) is 0 Å². The van der Waals surface area contributed by atoms with Gasteiger partial charge in [-0.3, -0.25) is 0 Å². The van der Waals surface area contributed by atoms with E-state index in [0.29, 0.717) is 0 Å². The summed E-state index contributed by atoms with van der Waals surface area (Å²) in [6.45, 7) is 18.7. The molecule has 0 unspecified atom stereocenters. The van der Waals surface area contributed by atoms with Crippen LogP contribution in [0.1, 0.15) is 168 Å². The average Bonchev–Trinajstić information content (AvgIpc) is 4.10. The van der Waals surface area contributed by atoms with Gasteiger partial charge in [-0.2, -0.15) is 0 Å². The molecule has 4 nitrogen and oxygen atoms in total. The minimum atomic E-state index is 0.901. The Morgan fingerprint density at radius 3 is 0.500 bits per heavy atom. The fourth-order valence-corrected chi connectivity index (χ4v) is 11.2. The molecule has 64 heavy (non-hydrogen) atoms. The lowest BCUT2D eigenvalue weighted by Crippen LogP contribution is -2.13. The summed E-state index contributed by atoms with van der Waals surface area (Å²) in [6, 6.07) is 44.5. The molecular weight excluding hydrogens is 777 g/mol. The third kappa shape index (κ3) is 6.99. The molecule has 8 bridgehead atoms. The lowest BCUT2D eigenvalue weighted by molar-refractivity contribution is 0.973. The van der Waals surface area contributed by atoms with E-state index in [1.54, 1.807) is 0 Å². The van der Waals surface area contributed by atoms with Crippen LogP contribution in [0.4, 0.5) is 0 Å². The van der Waals surface area contributed by atoms with Crippen molar-refractivity contribution < 1.29 is 0 Å². The Balaban J connectivity index is 1.51. The van der Waals surface area contributed by atoms with Crippen LogP contribution in [-0.4, -0.2) is 19.9 Å². The van der Waals surface area contributed by atoms with Gasteiger partial charge >= 0.3 is 0 Å². The zero-order valence-corrected chi connectivity index (χ0v) is 39.2. The summed E-state index contributed by atoms with van der Waals surface area (Å²) in [7, 11) is 0. The van der Waals surface area contributed by atoms with Crippen LogP contribution in [0.3, 0.4) is 0 Å². The molecule has 1 aliphatic heterocycles. The molecular formula is C60H64N4+4. The van der Waals surface area contributed by atoms with E-state index in [1.165, 1.54) is 136 Å². The zero-order valence-electron chi connectivity index (χ0n) is 39.2. The van der Waals surface area contributed by atoms with E-state index in [2.05, 4.69) is 197 Å². The summed E-state index contributed by atoms with van der Waals surface area (Å²) in [4.78, 5) is 17.2. The molecule has 4 aromatic heterocycles. The van der Waals surface area contributed by atoms with Crippen LogP contribution in [0.2, 0.25) is 0 Å². The van der Waals surface area contributed by atoms with Crippen molar-refractivity contribution in [2.45, 2.75) is 107 Å². The van der Waals surface area contributed by atoms with Crippen molar-refractivity contribution >= 4 is 0 Å². The highest BCUT2D eigenvalue weighted by Crippen LogP contribution is 2.48. The number of hydrogen-bond donors (Lipinski definition) is 4. The van der Waals surface area contributed by atoms with Gasteiger partial charge in [0.25, 0.3) is 0 Å². The molecule has 0 spiro atoms. The molecule has 0 amide bonds. The van der Waals surface area contributed by atoms with Crippen LogP contribution in [0.5, 0.6) is 0 Å². The summed E-state index contributed by atoms with van der Waals surface area (Å²) in [5.41, 5.74) is 25.5. The summed E-state index contributed by atoms with van der Waals surface area (Å²) in [5.74, 6) is 4.93. The van der Waals surface area contributed by atoms with E-state index in [1.807, 2.05) is 0 Å². The number of rotatable bonds is 12. The van der Waals surface area contributed by atoms with Crippen molar-refractivity contribution in [2.24, 2.45) is 0 Å². The molecule has 5 heterocycles. The Kier molecular flexibility index (Phi) is 12.2. The van der Waals surface area contributed by atoms with Crippen LogP contribution >= 0.6 is 0 Å². The molecule has 8 aromatic rings. The first-order valence-electron chi connectivity index (χ1n) is 24.1. The molecule has 1 aliphatic rings. The Morgan fingerprint density at radius 2 is 0.375 bits per heavy atom. The summed E-state index contributed by atoms with van der Waals surface area (Å²) >= 11 is 0. The first-order chi connectivity index (χ1) is 31.5. The van der Waals surface area contributed by atoms with E-state index in [4.69, 9.17) is 0 Å². The average molecular weight is 841 g/mol. The van der Waals surface area contributed by atoms with E-state index >= 15 is 0 Å². The summed E-state index contributed by atoms with van der Waals surface area (Å²) < 4.78 is 0. The van der Waals surface area contributed by atoms with Gasteiger partial charge < -0.3 is 19.9 Å². The summed E-state index contributed by atoms with van der Waals surface area (Å²) in [6.07, 6.45) is 7.20. The molecule has 0 saturated heterocycles. The number of aromatic amines is 4. The fraction of sp³-hybridized carbons (Fsp3) is 0.267. The quantitative estimate of drug-likeness (QED) is 0.0886. The maximum atomic E-state index is 4.30. The standard InChI is InChI=1S/C60H64N4/c1-9-41-42(10-2)54-50(38-31-23-18-24-32-38)56-45(13-5)46(14-6)58(63-56)52(40-35-27-20-28-36-40)60-48(16-8)47(15-7)59(64-60)51(39-33-25-19-26-34-39)57-44(12-4)43(11-3)55(62-57)49(53(41)61-54)37-29-21-17-22-30-37/h17-36,61-64H,9-16H2,1-8H3/q+4. The molecule has 9 rings (SSSR count). The van der Waals surface area contributed by atoms with E-state index in [9.17, 15) is 0 Å². The molecule has 4 N–H and O–H groups in total. The van der Waals surface area contributed by atoms with Crippen molar-refractivity contribution in [3.63, 3.8) is 0 Å².